The fourth-order valence-electron chi connectivity index (χ4n) is 3.46. The summed E-state index contributed by atoms with van der Waals surface area (Å²) in [5.74, 6) is 1.70. The van der Waals surface area contributed by atoms with Crippen LogP contribution in [0.25, 0.3) is 0 Å². The summed E-state index contributed by atoms with van der Waals surface area (Å²) >= 11 is 0. The number of aryl methyl sites for hydroxylation is 1. The Kier molecular flexibility index (Phi) is 5.21. The topological polar surface area (TPSA) is 38.1 Å². The summed E-state index contributed by atoms with van der Waals surface area (Å²) in [6.07, 6.45) is 3.44. The van der Waals surface area contributed by atoms with Gasteiger partial charge in [-0.3, -0.25) is 4.79 Å². The van der Waals surface area contributed by atoms with Crippen molar-refractivity contribution >= 4 is 5.91 Å². The highest BCUT2D eigenvalue weighted by atomic mass is 19.1. The number of aromatic nitrogens is 2. The molecule has 5 heteroatoms. The molecule has 0 aliphatic carbocycles. The van der Waals surface area contributed by atoms with Crippen LogP contribution in [0.5, 0.6) is 0 Å². The van der Waals surface area contributed by atoms with E-state index in [9.17, 15) is 9.18 Å². The first-order chi connectivity index (χ1) is 11.9. The molecule has 1 saturated heterocycles. The Morgan fingerprint density at radius 3 is 2.72 bits per heavy atom. The molecule has 1 fully saturated rings. The van der Waals surface area contributed by atoms with E-state index < -0.39 is 0 Å². The van der Waals surface area contributed by atoms with Gasteiger partial charge in [-0.25, -0.2) is 9.37 Å². The molecule has 1 atom stereocenters. The van der Waals surface area contributed by atoms with Gasteiger partial charge in [0.1, 0.15) is 11.6 Å². The molecule has 0 spiro atoms. The maximum atomic E-state index is 13.1. The van der Waals surface area contributed by atoms with Gasteiger partial charge in [-0.15, -0.1) is 0 Å². The van der Waals surface area contributed by atoms with Crippen LogP contribution in [-0.2, 0) is 11.3 Å². The third-order valence-electron chi connectivity index (χ3n) is 4.83. The molecule has 3 rings (SSSR count). The summed E-state index contributed by atoms with van der Waals surface area (Å²) in [5, 5.41) is 0. The van der Waals surface area contributed by atoms with Gasteiger partial charge in [-0.05, 0) is 37.0 Å². The lowest BCUT2D eigenvalue weighted by Crippen LogP contribution is -2.29. The van der Waals surface area contributed by atoms with E-state index in [0.717, 1.165) is 36.6 Å². The number of carbonyl (C=O) groups excluding carboxylic acids is 1. The Balaban J connectivity index is 1.73. The average molecular weight is 343 g/mol. The van der Waals surface area contributed by atoms with Crippen molar-refractivity contribution in [1.29, 1.82) is 0 Å². The maximum Gasteiger partial charge on any atom is 0.222 e. The van der Waals surface area contributed by atoms with Crippen molar-refractivity contribution in [3.8, 4) is 0 Å². The van der Waals surface area contributed by atoms with Crippen LogP contribution in [0.15, 0.2) is 30.5 Å². The third kappa shape index (κ3) is 4.09. The summed E-state index contributed by atoms with van der Waals surface area (Å²) in [5.41, 5.74) is 2.14. The Morgan fingerprint density at radius 2 is 2.04 bits per heavy atom. The van der Waals surface area contributed by atoms with E-state index >= 15 is 0 Å². The van der Waals surface area contributed by atoms with Crippen LogP contribution in [-0.4, -0.2) is 33.4 Å². The van der Waals surface area contributed by atoms with E-state index in [4.69, 9.17) is 0 Å². The van der Waals surface area contributed by atoms with Crippen LogP contribution < -0.4 is 0 Å². The lowest BCUT2D eigenvalue weighted by molar-refractivity contribution is -0.130. The number of halogens is 1. The summed E-state index contributed by atoms with van der Waals surface area (Å²) in [6, 6.07) is 6.60. The monoisotopic (exact) mass is 343 g/mol. The van der Waals surface area contributed by atoms with Gasteiger partial charge in [-0.2, -0.15) is 0 Å². The smallest absolute Gasteiger partial charge is 0.222 e. The fraction of sp³-hybridized carbons (Fsp3) is 0.500. The molecule has 0 bridgehead atoms. The van der Waals surface area contributed by atoms with Gasteiger partial charge in [0.2, 0.25) is 5.91 Å². The van der Waals surface area contributed by atoms with Crippen LogP contribution in [0.4, 0.5) is 4.39 Å². The predicted octanol–water partition coefficient (Wildman–Crippen LogP) is 3.74. The van der Waals surface area contributed by atoms with E-state index in [2.05, 4.69) is 23.4 Å². The first kappa shape index (κ1) is 17.6. The molecule has 1 aliphatic heterocycles. The molecule has 2 heterocycles. The highest BCUT2D eigenvalue weighted by Crippen LogP contribution is 2.28. The molecule has 0 saturated carbocycles. The predicted molar refractivity (Wildman–Crippen MR) is 95.9 cm³/mol. The second-order valence-corrected chi connectivity index (χ2v) is 7.39. The number of hydrogen-bond donors (Lipinski definition) is 0. The second-order valence-electron chi connectivity index (χ2n) is 7.39. The summed E-state index contributed by atoms with van der Waals surface area (Å²) in [4.78, 5) is 18.9. The molecule has 0 radical (unpaired) electrons. The normalized spacial score (nSPS) is 17.5. The third-order valence-corrected chi connectivity index (χ3v) is 4.83. The molecule has 2 aromatic rings. The molecule has 1 aliphatic rings. The zero-order valence-corrected chi connectivity index (χ0v) is 15.2. The van der Waals surface area contributed by atoms with Gasteiger partial charge in [0.15, 0.2) is 0 Å². The lowest BCUT2D eigenvalue weighted by Gasteiger charge is -2.18. The molecule has 1 amide bonds. The number of amides is 1. The SMILES string of the molecule is Cc1cnc(C2CCN(C(=O)CC(C)C)C2)n1Cc1ccc(F)cc1. The Morgan fingerprint density at radius 1 is 1.32 bits per heavy atom. The number of carbonyl (C=O) groups is 1. The van der Waals surface area contributed by atoms with Gasteiger partial charge in [0.25, 0.3) is 0 Å². The zero-order valence-electron chi connectivity index (χ0n) is 15.2. The number of likely N-dealkylation sites (tertiary alicyclic amines) is 1. The zero-order chi connectivity index (χ0) is 18.0. The quantitative estimate of drug-likeness (QED) is 0.829. The van der Waals surface area contributed by atoms with Gasteiger partial charge >= 0.3 is 0 Å². The number of nitrogens with zero attached hydrogens (tertiary/aromatic N) is 3. The Bertz CT molecular complexity index is 736. The highest BCUT2D eigenvalue weighted by molar-refractivity contribution is 5.76. The minimum Gasteiger partial charge on any atom is -0.342 e. The summed E-state index contributed by atoms with van der Waals surface area (Å²) in [7, 11) is 0. The molecule has 1 unspecified atom stereocenters. The second kappa shape index (κ2) is 7.38. The molecule has 1 aromatic heterocycles. The van der Waals surface area contributed by atoms with Crippen LogP contribution in [0.3, 0.4) is 0 Å². The largest absolute Gasteiger partial charge is 0.342 e. The molecular formula is C20H26FN3O. The number of hydrogen-bond acceptors (Lipinski definition) is 2. The number of benzene rings is 1. The van der Waals surface area contributed by atoms with Crippen LogP contribution in [0.2, 0.25) is 0 Å². The van der Waals surface area contributed by atoms with Crippen molar-refractivity contribution < 1.29 is 9.18 Å². The molecular weight excluding hydrogens is 317 g/mol. The first-order valence-electron chi connectivity index (χ1n) is 8.98. The van der Waals surface area contributed by atoms with E-state index in [-0.39, 0.29) is 17.6 Å². The molecule has 25 heavy (non-hydrogen) atoms. The number of rotatable bonds is 5. The minimum absolute atomic E-state index is 0.221. The Labute approximate surface area is 148 Å². The van der Waals surface area contributed by atoms with E-state index in [1.54, 1.807) is 0 Å². The molecule has 134 valence electrons. The van der Waals surface area contributed by atoms with Crippen molar-refractivity contribution in [2.45, 2.75) is 46.1 Å². The van der Waals surface area contributed by atoms with Crippen molar-refractivity contribution in [2.75, 3.05) is 13.1 Å². The summed E-state index contributed by atoms with van der Waals surface area (Å²) in [6.45, 7) is 8.41. The van der Waals surface area contributed by atoms with E-state index in [1.807, 2.05) is 30.2 Å². The van der Waals surface area contributed by atoms with Crippen LogP contribution in [0.1, 0.15) is 49.7 Å². The van der Waals surface area contributed by atoms with Gasteiger partial charge < -0.3 is 9.47 Å². The maximum absolute atomic E-state index is 13.1. The van der Waals surface area contributed by atoms with Crippen molar-refractivity contribution in [2.24, 2.45) is 5.92 Å². The Hall–Kier alpha value is -2.17. The minimum atomic E-state index is -0.221. The van der Waals surface area contributed by atoms with Crippen molar-refractivity contribution in [3.05, 3.63) is 53.4 Å². The van der Waals surface area contributed by atoms with Crippen molar-refractivity contribution in [3.63, 3.8) is 0 Å². The lowest BCUT2D eigenvalue weighted by atomic mass is 10.1. The van der Waals surface area contributed by atoms with E-state index in [1.165, 1.54) is 12.1 Å². The molecule has 1 aromatic carbocycles. The van der Waals surface area contributed by atoms with Gasteiger partial charge in [0, 0.05) is 43.9 Å². The van der Waals surface area contributed by atoms with Crippen LogP contribution >= 0.6 is 0 Å². The van der Waals surface area contributed by atoms with E-state index in [0.29, 0.717) is 18.9 Å². The van der Waals surface area contributed by atoms with Crippen molar-refractivity contribution in [1.82, 2.24) is 14.5 Å². The highest BCUT2D eigenvalue weighted by Gasteiger charge is 2.30. The standard InChI is InChI=1S/C20H26FN3O/c1-14(2)10-19(25)23-9-8-17(13-23)20-22-11-15(3)24(20)12-16-4-6-18(21)7-5-16/h4-7,11,14,17H,8-10,12-13H2,1-3H3. The van der Waals surface area contributed by atoms with Gasteiger partial charge in [-0.1, -0.05) is 26.0 Å². The average Bonchev–Trinajstić information content (AvgIpc) is 3.17. The van der Waals surface area contributed by atoms with Crippen LogP contribution in [0, 0.1) is 18.7 Å². The fourth-order valence-corrected chi connectivity index (χ4v) is 3.46. The molecule has 0 N–H and O–H groups in total. The first-order valence-corrected chi connectivity index (χ1v) is 8.98. The van der Waals surface area contributed by atoms with Gasteiger partial charge in [0.05, 0.1) is 0 Å². The summed E-state index contributed by atoms with van der Waals surface area (Å²) < 4.78 is 15.3. The molecule has 4 nitrogen and oxygen atoms in total. The number of imidazole rings is 1.